The van der Waals surface area contributed by atoms with Gasteiger partial charge >= 0.3 is 0 Å². The molecule has 182 valence electrons. The van der Waals surface area contributed by atoms with Gasteiger partial charge in [0.25, 0.3) is 0 Å². The number of unbranched alkanes of at least 4 members (excludes halogenated alkanes) is 1. The number of carbonyl (C=O) groups excluding carboxylic acids is 2. The number of amides is 2. The minimum atomic E-state index is -0.0548. The summed E-state index contributed by atoms with van der Waals surface area (Å²) in [7, 11) is 1.67. The molecule has 3 rings (SSSR count). The Bertz CT molecular complexity index is 913. The second kappa shape index (κ2) is 12.0. The summed E-state index contributed by atoms with van der Waals surface area (Å²) in [6.45, 7) is 9.13. The van der Waals surface area contributed by atoms with Crippen molar-refractivity contribution in [2.24, 2.45) is 5.92 Å². The summed E-state index contributed by atoms with van der Waals surface area (Å²) in [5.74, 6) is 2.39. The molecule has 0 aromatic carbocycles. The molecule has 1 saturated heterocycles. The largest absolute Gasteiger partial charge is 0.444 e. The Labute approximate surface area is 204 Å². The van der Waals surface area contributed by atoms with Crippen LogP contribution in [-0.2, 0) is 20.8 Å². The van der Waals surface area contributed by atoms with E-state index in [0.717, 1.165) is 55.3 Å². The fraction of sp³-hybridized carbons (Fsp3) is 0.652. The highest BCUT2D eigenvalue weighted by atomic mass is 32.2. The van der Waals surface area contributed by atoms with Crippen LogP contribution >= 0.6 is 23.1 Å². The Kier molecular flexibility index (Phi) is 9.34. The SMILES string of the molecule is CNC(=O)CCCCN1CCC(C(=O)Nc2ncc(SCc3ncc(C(C)(C)C)o3)s2)CC1. The van der Waals surface area contributed by atoms with Crippen molar-refractivity contribution in [3.8, 4) is 0 Å². The molecular weight excluding hydrogens is 458 g/mol. The summed E-state index contributed by atoms with van der Waals surface area (Å²) in [5, 5.41) is 6.29. The summed E-state index contributed by atoms with van der Waals surface area (Å²) in [5.41, 5.74) is -0.0548. The number of hydrogen-bond acceptors (Lipinski definition) is 8. The van der Waals surface area contributed by atoms with Crippen LogP contribution in [0, 0.1) is 5.92 Å². The first kappa shape index (κ1) is 25.7. The zero-order valence-electron chi connectivity index (χ0n) is 20.0. The molecule has 8 nitrogen and oxygen atoms in total. The van der Waals surface area contributed by atoms with Crippen LogP contribution in [0.2, 0.25) is 0 Å². The molecule has 0 bridgehead atoms. The number of thioether (sulfide) groups is 1. The van der Waals surface area contributed by atoms with E-state index in [2.05, 4.69) is 46.3 Å². The average molecular weight is 494 g/mol. The standard InChI is InChI=1S/C23H35N5O3S2/c1-23(2,3)17-13-25-19(31-17)15-32-20-14-26-22(33-20)27-21(30)16-8-11-28(12-9-16)10-6-5-7-18(29)24-4/h13-14,16H,5-12,15H2,1-4H3,(H,24,29)(H,26,27,30). The van der Waals surface area contributed by atoms with E-state index < -0.39 is 0 Å². The molecule has 1 fully saturated rings. The van der Waals surface area contributed by atoms with Gasteiger partial charge in [0.2, 0.25) is 17.7 Å². The van der Waals surface area contributed by atoms with E-state index in [1.807, 2.05) is 0 Å². The van der Waals surface area contributed by atoms with Crippen LogP contribution < -0.4 is 10.6 Å². The summed E-state index contributed by atoms with van der Waals surface area (Å²) in [4.78, 5) is 35.1. The number of carbonyl (C=O) groups is 2. The van der Waals surface area contributed by atoms with Crippen LogP contribution in [0.3, 0.4) is 0 Å². The average Bonchev–Trinajstić information content (AvgIpc) is 3.45. The fourth-order valence-corrected chi connectivity index (χ4v) is 5.34. The summed E-state index contributed by atoms with van der Waals surface area (Å²) >= 11 is 3.09. The maximum atomic E-state index is 12.7. The molecule has 33 heavy (non-hydrogen) atoms. The summed E-state index contributed by atoms with van der Waals surface area (Å²) < 4.78 is 6.86. The molecule has 0 atom stereocenters. The zero-order chi connectivity index (χ0) is 23.8. The Balaban J connectivity index is 1.36. The zero-order valence-corrected chi connectivity index (χ0v) is 21.6. The summed E-state index contributed by atoms with van der Waals surface area (Å²) in [6, 6.07) is 0. The number of piperidine rings is 1. The van der Waals surface area contributed by atoms with Crippen LogP contribution in [0.4, 0.5) is 5.13 Å². The third kappa shape index (κ3) is 8.12. The Hall–Kier alpha value is -1.91. The second-order valence-corrected chi connectivity index (χ2v) is 11.7. The van der Waals surface area contributed by atoms with Gasteiger partial charge in [-0.3, -0.25) is 9.59 Å². The van der Waals surface area contributed by atoms with Gasteiger partial charge in [-0.15, -0.1) is 11.8 Å². The highest BCUT2D eigenvalue weighted by Gasteiger charge is 2.25. The van der Waals surface area contributed by atoms with Crippen molar-refractivity contribution in [3.63, 3.8) is 0 Å². The molecule has 0 spiro atoms. The number of likely N-dealkylation sites (tertiary alicyclic amines) is 1. The lowest BCUT2D eigenvalue weighted by atomic mass is 9.94. The van der Waals surface area contributed by atoms with Crippen LogP contribution in [0.15, 0.2) is 21.0 Å². The third-order valence-corrected chi connectivity index (χ3v) is 7.80. The second-order valence-electron chi connectivity index (χ2n) is 9.38. The first-order valence-corrected chi connectivity index (χ1v) is 13.3. The minimum absolute atomic E-state index is 0.0234. The molecule has 0 unspecified atom stereocenters. The number of nitrogens with one attached hydrogen (secondary N) is 2. The molecule has 0 aliphatic carbocycles. The van der Waals surface area contributed by atoms with Crippen LogP contribution in [-0.4, -0.2) is 53.4 Å². The molecular formula is C23H35N5O3S2. The van der Waals surface area contributed by atoms with Crippen LogP contribution in [0.25, 0.3) is 0 Å². The smallest absolute Gasteiger partial charge is 0.229 e. The normalized spacial score (nSPS) is 15.5. The molecule has 1 aliphatic rings. The van der Waals surface area contributed by atoms with Gasteiger partial charge in [0.15, 0.2) is 5.13 Å². The lowest BCUT2D eigenvalue weighted by Gasteiger charge is -2.31. The molecule has 2 N–H and O–H groups in total. The van der Waals surface area contributed by atoms with Gasteiger partial charge in [0, 0.05) is 24.8 Å². The van der Waals surface area contributed by atoms with E-state index in [0.29, 0.717) is 23.2 Å². The van der Waals surface area contributed by atoms with Crippen molar-refractivity contribution in [3.05, 3.63) is 24.0 Å². The Morgan fingerprint density at radius 3 is 2.64 bits per heavy atom. The highest BCUT2D eigenvalue weighted by molar-refractivity contribution is 8.00. The number of nitrogens with zero attached hydrogens (tertiary/aromatic N) is 3. The fourth-order valence-electron chi connectivity index (χ4n) is 3.61. The maximum absolute atomic E-state index is 12.7. The molecule has 3 heterocycles. The van der Waals surface area contributed by atoms with E-state index in [4.69, 9.17) is 4.42 Å². The lowest BCUT2D eigenvalue weighted by molar-refractivity contribution is -0.122. The van der Waals surface area contributed by atoms with Crippen molar-refractivity contribution in [2.75, 3.05) is 32.0 Å². The van der Waals surface area contributed by atoms with Gasteiger partial charge < -0.3 is 20.0 Å². The van der Waals surface area contributed by atoms with Crippen molar-refractivity contribution in [1.29, 1.82) is 0 Å². The van der Waals surface area contributed by atoms with E-state index in [9.17, 15) is 9.59 Å². The van der Waals surface area contributed by atoms with E-state index in [1.165, 1.54) is 11.3 Å². The predicted molar refractivity (Wildman–Crippen MR) is 133 cm³/mol. The molecule has 2 aromatic heterocycles. The number of thiazole rings is 1. The van der Waals surface area contributed by atoms with Gasteiger partial charge in [0.1, 0.15) is 5.76 Å². The number of aromatic nitrogens is 2. The van der Waals surface area contributed by atoms with Crippen LogP contribution in [0.5, 0.6) is 0 Å². The molecule has 0 saturated carbocycles. The number of rotatable bonds is 10. The van der Waals surface area contributed by atoms with E-state index >= 15 is 0 Å². The Morgan fingerprint density at radius 2 is 1.97 bits per heavy atom. The topological polar surface area (TPSA) is 100 Å². The highest BCUT2D eigenvalue weighted by Crippen LogP contribution is 2.32. The molecule has 0 radical (unpaired) electrons. The van der Waals surface area contributed by atoms with Crippen LogP contribution in [0.1, 0.15) is 64.5 Å². The van der Waals surface area contributed by atoms with Gasteiger partial charge in [-0.05, 0) is 45.3 Å². The minimum Gasteiger partial charge on any atom is -0.444 e. The van der Waals surface area contributed by atoms with E-state index in [1.54, 1.807) is 31.2 Å². The van der Waals surface area contributed by atoms with Gasteiger partial charge in [-0.2, -0.15) is 0 Å². The number of hydrogen-bond donors (Lipinski definition) is 2. The first-order chi connectivity index (χ1) is 15.7. The third-order valence-electron chi connectivity index (χ3n) is 5.71. The van der Waals surface area contributed by atoms with Crippen molar-refractivity contribution in [1.82, 2.24) is 20.2 Å². The maximum Gasteiger partial charge on any atom is 0.229 e. The van der Waals surface area contributed by atoms with E-state index in [-0.39, 0.29) is 23.1 Å². The molecule has 2 amide bonds. The predicted octanol–water partition coefficient (Wildman–Crippen LogP) is 4.29. The van der Waals surface area contributed by atoms with Gasteiger partial charge in [0.05, 0.1) is 22.4 Å². The quantitative estimate of drug-likeness (QED) is 0.376. The Morgan fingerprint density at radius 1 is 1.21 bits per heavy atom. The summed E-state index contributed by atoms with van der Waals surface area (Å²) in [6.07, 6.45) is 7.79. The number of anilines is 1. The van der Waals surface area contributed by atoms with Gasteiger partial charge in [-0.25, -0.2) is 9.97 Å². The van der Waals surface area contributed by atoms with Crippen molar-refractivity contribution >= 4 is 40.0 Å². The first-order valence-electron chi connectivity index (χ1n) is 11.5. The molecule has 10 heteroatoms. The monoisotopic (exact) mass is 493 g/mol. The molecule has 1 aliphatic heterocycles. The lowest BCUT2D eigenvalue weighted by Crippen LogP contribution is -2.38. The van der Waals surface area contributed by atoms with Gasteiger partial charge in [-0.1, -0.05) is 32.1 Å². The molecule has 2 aromatic rings. The number of oxazole rings is 1. The van der Waals surface area contributed by atoms with Crippen molar-refractivity contribution in [2.45, 2.75) is 68.3 Å². The van der Waals surface area contributed by atoms with Crippen molar-refractivity contribution < 1.29 is 14.0 Å².